The summed E-state index contributed by atoms with van der Waals surface area (Å²) in [5.74, 6) is 0.831. The summed E-state index contributed by atoms with van der Waals surface area (Å²) in [5.41, 5.74) is 0.376. The molecule has 3 N–H and O–H groups in total. The van der Waals surface area contributed by atoms with E-state index >= 15 is 0 Å². The lowest BCUT2D eigenvalue weighted by atomic mass is 10.1. The number of piperidine rings is 1. The number of hydrogen-bond acceptors (Lipinski definition) is 4. The number of likely N-dealkylation sites (tertiary alicyclic amines) is 1. The zero-order valence-electron chi connectivity index (χ0n) is 19.1. The van der Waals surface area contributed by atoms with E-state index in [0.717, 1.165) is 12.0 Å². The number of carbonyl (C=O) groups excluding carboxylic acids is 2. The molecular formula is C22H36IN5O3. The van der Waals surface area contributed by atoms with Gasteiger partial charge in [-0.3, -0.25) is 9.79 Å². The molecule has 1 fully saturated rings. The van der Waals surface area contributed by atoms with Crippen LogP contribution in [-0.4, -0.2) is 61.2 Å². The first-order chi connectivity index (χ1) is 14.2. The number of carbonyl (C=O) groups is 2. The van der Waals surface area contributed by atoms with Crippen molar-refractivity contribution in [2.75, 3.05) is 26.7 Å². The zero-order valence-corrected chi connectivity index (χ0v) is 21.4. The van der Waals surface area contributed by atoms with Crippen molar-refractivity contribution in [3.63, 3.8) is 0 Å². The fourth-order valence-corrected chi connectivity index (χ4v) is 3.20. The molecule has 1 aromatic carbocycles. The van der Waals surface area contributed by atoms with Gasteiger partial charge in [0.05, 0.1) is 12.6 Å². The van der Waals surface area contributed by atoms with Crippen molar-refractivity contribution in [3.8, 4) is 0 Å². The van der Waals surface area contributed by atoms with E-state index in [-0.39, 0.29) is 42.0 Å². The largest absolute Gasteiger partial charge is 0.444 e. The van der Waals surface area contributed by atoms with Crippen LogP contribution in [0.2, 0.25) is 0 Å². The van der Waals surface area contributed by atoms with Crippen LogP contribution in [0.5, 0.6) is 0 Å². The van der Waals surface area contributed by atoms with Gasteiger partial charge in [-0.05, 0) is 39.7 Å². The molecule has 31 heavy (non-hydrogen) atoms. The monoisotopic (exact) mass is 545 g/mol. The van der Waals surface area contributed by atoms with Gasteiger partial charge in [-0.25, -0.2) is 4.79 Å². The quantitative estimate of drug-likeness (QED) is 0.290. The number of nitrogens with one attached hydrogen (secondary N) is 3. The molecule has 0 bridgehead atoms. The highest BCUT2D eigenvalue weighted by molar-refractivity contribution is 14.0. The van der Waals surface area contributed by atoms with Crippen molar-refractivity contribution in [1.29, 1.82) is 0 Å². The molecule has 1 saturated heterocycles. The molecule has 0 aromatic heterocycles. The summed E-state index contributed by atoms with van der Waals surface area (Å²) >= 11 is 0. The lowest BCUT2D eigenvalue weighted by Crippen LogP contribution is -2.51. The second kappa shape index (κ2) is 12.7. The number of guanidine groups is 1. The van der Waals surface area contributed by atoms with Gasteiger partial charge in [-0.15, -0.1) is 24.0 Å². The lowest BCUT2D eigenvalue weighted by Gasteiger charge is -2.31. The molecule has 2 amide bonds. The van der Waals surface area contributed by atoms with Crippen molar-refractivity contribution in [1.82, 2.24) is 20.9 Å². The van der Waals surface area contributed by atoms with Crippen LogP contribution in [0.4, 0.5) is 4.79 Å². The first-order valence-electron chi connectivity index (χ1n) is 10.5. The van der Waals surface area contributed by atoms with E-state index in [1.807, 2.05) is 65.1 Å². The average molecular weight is 545 g/mol. The maximum absolute atomic E-state index is 12.3. The van der Waals surface area contributed by atoms with Gasteiger partial charge in [-0.1, -0.05) is 30.3 Å². The van der Waals surface area contributed by atoms with E-state index in [2.05, 4.69) is 16.0 Å². The van der Waals surface area contributed by atoms with Crippen LogP contribution in [0.25, 0.3) is 0 Å². The molecule has 0 spiro atoms. The Hall–Kier alpha value is -2.04. The van der Waals surface area contributed by atoms with Gasteiger partial charge < -0.3 is 25.6 Å². The lowest BCUT2D eigenvalue weighted by molar-refractivity contribution is -0.132. The fourth-order valence-electron chi connectivity index (χ4n) is 3.20. The minimum atomic E-state index is -0.574. The van der Waals surface area contributed by atoms with E-state index in [0.29, 0.717) is 32.0 Å². The summed E-state index contributed by atoms with van der Waals surface area (Å²) in [6.45, 7) is 9.20. The number of hydrogen-bond donors (Lipinski definition) is 3. The van der Waals surface area contributed by atoms with Crippen LogP contribution >= 0.6 is 24.0 Å². The number of alkyl carbamates (subject to hydrolysis) is 1. The van der Waals surface area contributed by atoms with Crippen molar-refractivity contribution < 1.29 is 14.3 Å². The van der Waals surface area contributed by atoms with Crippen molar-refractivity contribution >= 4 is 41.9 Å². The Morgan fingerprint density at radius 1 is 1.29 bits per heavy atom. The standard InChI is InChI=1S/C22H35N5O3.HI/c1-6-23-20(25-17-12-13-19(28)27(5)15-17)24-14-18(16-10-8-7-9-11-16)26-21(29)30-22(2,3)4;/h7-11,17-18H,6,12-15H2,1-5H3,(H,26,29)(H2,23,24,25);1H. The molecule has 2 rings (SSSR count). The number of ether oxygens (including phenoxy) is 1. The maximum Gasteiger partial charge on any atom is 0.408 e. The number of amides is 2. The number of aliphatic imine (C=N–C) groups is 1. The Bertz CT molecular complexity index is 736. The summed E-state index contributed by atoms with van der Waals surface area (Å²) < 4.78 is 5.42. The second-order valence-corrected chi connectivity index (χ2v) is 8.48. The van der Waals surface area contributed by atoms with E-state index in [1.54, 1.807) is 4.90 Å². The van der Waals surface area contributed by atoms with Gasteiger partial charge in [0.15, 0.2) is 5.96 Å². The van der Waals surface area contributed by atoms with E-state index in [9.17, 15) is 9.59 Å². The normalized spacial score (nSPS) is 18.0. The van der Waals surface area contributed by atoms with E-state index in [4.69, 9.17) is 9.73 Å². The fraction of sp³-hybridized carbons (Fsp3) is 0.591. The van der Waals surface area contributed by atoms with Gasteiger partial charge in [0.1, 0.15) is 5.60 Å². The Morgan fingerprint density at radius 2 is 1.97 bits per heavy atom. The van der Waals surface area contributed by atoms with Gasteiger partial charge in [-0.2, -0.15) is 0 Å². The first-order valence-corrected chi connectivity index (χ1v) is 10.5. The number of halogens is 1. The first kappa shape index (κ1) is 27.0. The second-order valence-electron chi connectivity index (χ2n) is 8.48. The van der Waals surface area contributed by atoms with Gasteiger partial charge in [0.25, 0.3) is 0 Å². The van der Waals surface area contributed by atoms with E-state index in [1.165, 1.54) is 0 Å². The highest BCUT2D eigenvalue weighted by Crippen LogP contribution is 2.15. The predicted octanol–water partition coefficient (Wildman–Crippen LogP) is 3.05. The van der Waals surface area contributed by atoms with E-state index < -0.39 is 11.7 Å². The van der Waals surface area contributed by atoms with Gasteiger partial charge in [0.2, 0.25) is 5.91 Å². The molecule has 1 heterocycles. The Kier molecular flexibility index (Phi) is 11.1. The van der Waals surface area contributed by atoms with Crippen LogP contribution in [0.15, 0.2) is 35.3 Å². The minimum Gasteiger partial charge on any atom is -0.444 e. The summed E-state index contributed by atoms with van der Waals surface area (Å²) in [6.07, 6.45) is 0.823. The van der Waals surface area contributed by atoms with Gasteiger partial charge >= 0.3 is 6.09 Å². The highest BCUT2D eigenvalue weighted by Gasteiger charge is 2.24. The number of likely N-dealkylation sites (N-methyl/N-ethyl adjacent to an activating group) is 1. The molecule has 174 valence electrons. The molecule has 0 aliphatic carbocycles. The molecule has 0 saturated carbocycles. The Labute approximate surface area is 202 Å². The van der Waals surface area contributed by atoms with Crippen molar-refractivity contribution in [3.05, 3.63) is 35.9 Å². The van der Waals surface area contributed by atoms with Crippen LogP contribution in [0.1, 0.15) is 52.1 Å². The SMILES string of the molecule is CCNC(=NCC(NC(=O)OC(C)(C)C)c1ccccc1)NC1CCC(=O)N(C)C1.I. The predicted molar refractivity (Wildman–Crippen MR) is 134 cm³/mol. The van der Waals surface area contributed by atoms with Crippen LogP contribution in [0.3, 0.4) is 0 Å². The summed E-state index contributed by atoms with van der Waals surface area (Å²) in [4.78, 5) is 30.5. The van der Waals surface area contributed by atoms with Crippen molar-refractivity contribution in [2.24, 2.45) is 4.99 Å². The number of nitrogens with zero attached hydrogens (tertiary/aromatic N) is 2. The third-order valence-electron chi connectivity index (χ3n) is 4.64. The average Bonchev–Trinajstić information content (AvgIpc) is 2.67. The molecule has 1 aromatic rings. The van der Waals surface area contributed by atoms with Crippen LogP contribution in [-0.2, 0) is 9.53 Å². The van der Waals surface area contributed by atoms with Crippen LogP contribution < -0.4 is 16.0 Å². The number of rotatable bonds is 6. The third-order valence-corrected chi connectivity index (χ3v) is 4.64. The molecule has 9 heteroatoms. The summed E-state index contributed by atoms with van der Waals surface area (Å²) in [6, 6.07) is 9.53. The smallest absolute Gasteiger partial charge is 0.408 e. The maximum atomic E-state index is 12.3. The topological polar surface area (TPSA) is 95.1 Å². The summed E-state index contributed by atoms with van der Waals surface area (Å²) in [7, 11) is 1.82. The molecule has 2 atom stereocenters. The van der Waals surface area contributed by atoms with Crippen molar-refractivity contribution in [2.45, 2.75) is 58.2 Å². The Morgan fingerprint density at radius 3 is 2.55 bits per heavy atom. The van der Waals surface area contributed by atoms with Gasteiger partial charge in [0, 0.05) is 32.6 Å². The third kappa shape index (κ3) is 9.75. The number of benzene rings is 1. The minimum absolute atomic E-state index is 0. The molecule has 0 radical (unpaired) electrons. The zero-order chi connectivity index (χ0) is 22.1. The molecule has 1 aliphatic heterocycles. The molecule has 8 nitrogen and oxygen atoms in total. The summed E-state index contributed by atoms with van der Waals surface area (Å²) in [5, 5.41) is 9.58. The molecular weight excluding hydrogens is 509 g/mol. The molecule has 2 unspecified atom stereocenters. The van der Waals surface area contributed by atoms with Crippen LogP contribution in [0, 0.1) is 0 Å². The highest BCUT2D eigenvalue weighted by atomic mass is 127. The Balaban J connectivity index is 0.00000480. The molecule has 1 aliphatic rings.